The first kappa shape index (κ1) is 14.5. The second-order valence-electron chi connectivity index (χ2n) is 5.18. The standard InChI is InChI=1S/C15H24N2OS/c1-3-13-7-8-14(19-13)15(18)17(4-2)11-12-6-5-9-16-10-12/h7-8,12,16H,3-6,9-11H2,1-2H3. The molecule has 1 N–H and O–H groups in total. The van der Waals surface area contributed by atoms with Crippen molar-refractivity contribution in [1.29, 1.82) is 0 Å². The van der Waals surface area contributed by atoms with Gasteiger partial charge >= 0.3 is 0 Å². The largest absolute Gasteiger partial charge is 0.338 e. The molecule has 106 valence electrons. The fourth-order valence-electron chi connectivity index (χ4n) is 2.59. The summed E-state index contributed by atoms with van der Waals surface area (Å²) in [5.74, 6) is 0.820. The number of aryl methyl sites for hydroxylation is 1. The number of thiophene rings is 1. The van der Waals surface area contributed by atoms with E-state index >= 15 is 0 Å². The SMILES string of the molecule is CCc1ccc(C(=O)N(CC)CC2CCCNC2)s1. The van der Waals surface area contributed by atoms with E-state index in [4.69, 9.17) is 0 Å². The molecule has 2 heterocycles. The molecule has 1 atom stereocenters. The number of hydrogen-bond donors (Lipinski definition) is 1. The summed E-state index contributed by atoms with van der Waals surface area (Å²) in [4.78, 5) is 16.7. The van der Waals surface area contributed by atoms with Crippen LogP contribution in [0.4, 0.5) is 0 Å². The molecule has 0 saturated carbocycles. The van der Waals surface area contributed by atoms with Crippen LogP contribution in [-0.4, -0.2) is 37.0 Å². The third-order valence-electron chi connectivity index (χ3n) is 3.77. The molecule has 0 spiro atoms. The minimum absolute atomic E-state index is 0.206. The minimum Gasteiger partial charge on any atom is -0.338 e. The molecular formula is C15H24N2OS. The molecular weight excluding hydrogens is 256 g/mol. The first-order valence-corrected chi connectivity index (χ1v) is 8.15. The fraction of sp³-hybridized carbons (Fsp3) is 0.667. The molecule has 0 radical (unpaired) electrons. The van der Waals surface area contributed by atoms with Gasteiger partial charge in [0.05, 0.1) is 4.88 Å². The maximum Gasteiger partial charge on any atom is 0.263 e. The number of carbonyl (C=O) groups is 1. The highest BCUT2D eigenvalue weighted by atomic mass is 32.1. The minimum atomic E-state index is 0.206. The van der Waals surface area contributed by atoms with Crippen LogP contribution in [0.15, 0.2) is 12.1 Å². The molecule has 1 aromatic rings. The molecule has 1 saturated heterocycles. The van der Waals surface area contributed by atoms with Crippen LogP contribution in [0.3, 0.4) is 0 Å². The molecule has 0 bridgehead atoms. The highest BCUT2D eigenvalue weighted by Crippen LogP contribution is 2.20. The van der Waals surface area contributed by atoms with Crippen molar-refractivity contribution < 1.29 is 4.79 Å². The lowest BCUT2D eigenvalue weighted by molar-refractivity contribution is 0.0734. The van der Waals surface area contributed by atoms with Crippen LogP contribution in [-0.2, 0) is 6.42 Å². The first-order valence-electron chi connectivity index (χ1n) is 7.33. The van der Waals surface area contributed by atoms with Gasteiger partial charge < -0.3 is 10.2 Å². The van der Waals surface area contributed by atoms with Gasteiger partial charge in [-0.2, -0.15) is 0 Å². The number of carbonyl (C=O) groups excluding carboxylic acids is 1. The molecule has 1 aliphatic heterocycles. The fourth-order valence-corrected chi connectivity index (χ4v) is 3.50. The second-order valence-corrected chi connectivity index (χ2v) is 6.34. The van der Waals surface area contributed by atoms with Gasteiger partial charge in [-0.05, 0) is 57.3 Å². The first-order chi connectivity index (χ1) is 9.24. The molecule has 1 aliphatic rings. The molecule has 2 rings (SSSR count). The maximum atomic E-state index is 12.5. The van der Waals surface area contributed by atoms with Crippen molar-refractivity contribution in [1.82, 2.24) is 10.2 Å². The summed E-state index contributed by atoms with van der Waals surface area (Å²) >= 11 is 1.64. The van der Waals surface area contributed by atoms with Gasteiger partial charge in [-0.25, -0.2) is 0 Å². The van der Waals surface area contributed by atoms with Crippen molar-refractivity contribution in [3.63, 3.8) is 0 Å². The summed E-state index contributed by atoms with van der Waals surface area (Å²) in [6.07, 6.45) is 3.48. The van der Waals surface area contributed by atoms with Gasteiger partial charge in [0, 0.05) is 18.0 Å². The quantitative estimate of drug-likeness (QED) is 0.899. The zero-order valence-electron chi connectivity index (χ0n) is 11.9. The van der Waals surface area contributed by atoms with Gasteiger partial charge in [0.15, 0.2) is 0 Å². The van der Waals surface area contributed by atoms with Crippen LogP contribution in [0.1, 0.15) is 41.2 Å². The normalized spacial score (nSPS) is 19.4. The van der Waals surface area contributed by atoms with Crippen molar-refractivity contribution >= 4 is 17.2 Å². The summed E-state index contributed by atoms with van der Waals surface area (Å²) in [7, 11) is 0. The molecule has 0 aromatic carbocycles. The monoisotopic (exact) mass is 280 g/mol. The molecule has 1 fully saturated rings. The van der Waals surface area contributed by atoms with Crippen molar-refractivity contribution in [3.8, 4) is 0 Å². The Kier molecular flexibility index (Phi) is 5.40. The van der Waals surface area contributed by atoms with Crippen molar-refractivity contribution in [2.45, 2.75) is 33.1 Å². The van der Waals surface area contributed by atoms with Gasteiger partial charge in [-0.1, -0.05) is 6.92 Å². The molecule has 19 heavy (non-hydrogen) atoms. The zero-order valence-corrected chi connectivity index (χ0v) is 12.8. The Labute approximate surface area is 120 Å². The molecule has 3 nitrogen and oxygen atoms in total. The third-order valence-corrected chi connectivity index (χ3v) is 4.98. The Morgan fingerprint density at radius 3 is 2.89 bits per heavy atom. The topological polar surface area (TPSA) is 32.3 Å². The molecule has 1 aromatic heterocycles. The van der Waals surface area contributed by atoms with Crippen LogP contribution in [0.25, 0.3) is 0 Å². The van der Waals surface area contributed by atoms with Crippen LogP contribution in [0, 0.1) is 5.92 Å². The third kappa shape index (κ3) is 3.80. The van der Waals surface area contributed by atoms with E-state index in [-0.39, 0.29) is 5.91 Å². The number of piperidine rings is 1. The van der Waals surface area contributed by atoms with E-state index in [9.17, 15) is 4.79 Å². The average Bonchev–Trinajstić information content (AvgIpc) is 2.94. The second kappa shape index (κ2) is 7.06. The van der Waals surface area contributed by atoms with Gasteiger partial charge in [0.25, 0.3) is 5.91 Å². The molecule has 4 heteroatoms. The van der Waals surface area contributed by atoms with E-state index in [1.54, 1.807) is 11.3 Å². The van der Waals surface area contributed by atoms with Crippen molar-refractivity contribution in [3.05, 3.63) is 21.9 Å². The van der Waals surface area contributed by atoms with Gasteiger partial charge in [-0.15, -0.1) is 11.3 Å². The molecule has 1 amide bonds. The Morgan fingerprint density at radius 2 is 2.32 bits per heavy atom. The summed E-state index contributed by atoms with van der Waals surface area (Å²) in [6.45, 7) is 8.07. The summed E-state index contributed by atoms with van der Waals surface area (Å²) in [5, 5.41) is 3.42. The van der Waals surface area contributed by atoms with Crippen LogP contribution < -0.4 is 5.32 Å². The number of nitrogens with one attached hydrogen (secondary N) is 1. The van der Waals surface area contributed by atoms with Crippen molar-refractivity contribution in [2.24, 2.45) is 5.92 Å². The highest BCUT2D eigenvalue weighted by Gasteiger charge is 2.21. The van der Waals surface area contributed by atoms with Gasteiger partial charge in [0.2, 0.25) is 0 Å². The zero-order chi connectivity index (χ0) is 13.7. The van der Waals surface area contributed by atoms with E-state index in [1.165, 1.54) is 17.7 Å². The van der Waals surface area contributed by atoms with Gasteiger partial charge in [-0.3, -0.25) is 4.79 Å². The Morgan fingerprint density at radius 1 is 1.47 bits per heavy atom. The van der Waals surface area contributed by atoms with E-state index in [0.717, 1.165) is 37.5 Å². The Hall–Kier alpha value is -0.870. The number of amides is 1. The average molecular weight is 280 g/mol. The number of hydrogen-bond acceptors (Lipinski definition) is 3. The summed E-state index contributed by atoms with van der Waals surface area (Å²) in [5.41, 5.74) is 0. The predicted octanol–water partition coefficient (Wildman–Crippen LogP) is 2.77. The number of rotatable bonds is 5. The Balaban J connectivity index is 1.97. The van der Waals surface area contributed by atoms with Crippen LogP contribution in [0.5, 0.6) is 0 Å². The van der Waals surface area contributed by atoms with Gasteiger partial charge in [0.1, 0.15) is 0 Å². The highest BCUT2D eigenvalue weighted by molar-refractivity contribution is 7.14. The lowest BCUT2D eigenvalue weighted by Crippen LogP contribution is -2.40. The number of nitrogens with zero attached hydrogens (tertiary/aromatic N) is 1. The van der Waals surface area contributed by atoms with Crippen LogP contribution >= 0.6 is 11.3 Å². The Bertz CT molecular complexity index is 410. The van der Waals surface area contributed by atoms with E-state index in [0.29, 0.717) is 5.92 Å². The van der Waals surface area contributed by atoms with Crippen LogP contribution in [0.2, 0.25) is 0 Å². The predicted molar refractivity (Wildman–Crippen MR) is 80.9 cm³/mol. The maximum absolute atomic E-state index is 12.5. The summed E-state index contributed by atoms with van der Waals surface area (Å²) < 4.78 is 0. The van der Waals surface area contributed by atoms with E-state index < -0.39 is 0 Å². The molecule has 1 unspecified atom stereocenters. The summed E-state index contributed by atoms with van der Waals surface area (Å²) in [6, 6.07) is 4.06. The molecule has 0 aliphatic carbocycles. The smallest absolute Gasteiger partial charge is 0.263 e. The van der Waals surface area contributed by atoms with Crippen molar-refractivity contribution in [2.75, 3.05) is 26.2 Å². The van der Waals surface area contributed by atoms with E-state index in [2.05, 4.69) is 25.2 Å². The lowest BCUT2D eigenvalue weighted by Gasteiger charge is -2.29. The van der Waals surface area contributed by atoms with E-state index in [1.807, 2.05) is 11.0 Å². The lowest BCUT2D eigenvalue weighted by atomic mass is 9.99.